The number of para-hydroxylation sites is 1. The number of ketones is 1. The predicted octanol–water partition coefficient (Wildman–Crippen LogP) is 6.17. The molecule has 1 aliphatic heterocycles. The van der Waals surface area contributed by atoms with Gasteiger partial charge < -0.3 is 5.32 Å². The van der Waals surface area contributed by atoms with Gasteiger partial charge in [-0.05, 0) is 41.5 Å². The Bertz CT molecular complexity index is 1080. The Balaban J connectivity index is 1.79. The highest BCUT2D eigenvalue weighted by molar-refractivity contribution is 6.14. The standard InChI is InChI=1S/C26H25NO/c1-16-10-12-17(13-11-16)25-24-22(28)15-20-18(8-6-14-26(20,2)3)23(24)19-7-4-5-9-21(19)27-25/h4-13,25,27H,14-15H2,1-3H3. The van der Waals surface area contributed by atoms with Crippen LogP contribution in [0.25, 0.3) is 5.57 Å². The van der Waals surface area contributed by atoms with Crippen molar-refractivity contribution in [2.45, 2.75) is 39.7 Å². The van der Waals surface area contributed by atoms with Gasteiger partial charge in [-0.25, -0.2) is 0 Å². The van der Waals surface area contributed by atoms with Crippen LogP contribution in [-0.4, -0.2) is 5.78 Å². The monoisotopic (exact) mass is 367 g/mol. The number of allylic oxidation sites excluding steroid dienone is 5. The minimum absolute atomic E-state index is 0.0252. The molecule has 5 rings (SSSR count). The molecule has 1 N–H and O–H groups in total. The third kappa shape index (κ3) is 2.51. The van der Waals surface area contributed by atoms with Crippen molar-refractivity contribution in [3.8, 4) is 0 Å². The number of hydrogen-bond acceptors (Lipinski definition) is 2. The van der Waals surface area contributed by atoms with Gasteiger partial charge in [0.05, 0.1) is 6.04 Å². The molecule has 0 aromatic heterocycles. The molecule has 0 fully saturated rings. The molecule has 2 aromatic carbocycles. The number of nitrogens with one attached hydrogen (secondary N) is 1. The molecule has 3 aliphatic rings. The first-order chi connectivity index (χ1) is 13.5. The fourth-order valence-electron chi connectivity index (χ4n) is 4.83. The van der Waals surface area contributed by atoms with Crippen molar-refractivity contribution in [2.24, 2.45) is 5.41 Å². The van der Waals surface area contributed by atoms with Gasteiger partial charge in [0, 0.05) is 28.8 Å². The van der Waals surface area contributed by atoms with Gasteiger partial charge in [0.2, 0.25) is 0 Å². The molecule has 140 valence electrons. The highest BCUT2D eigenvalue weighted by Crippen LogP contribution is 2.52. The first kappa shape index (κ1) is 17.2. The van der Waals surface area contributed by atoms with Crippen LogP contribution >= 0.6 is 0 Å². The van der Waals surface area contributed by atoms with Gasteiger partial charge in [0.25, 0.3) is 0 Å². The summed E-state index contributed by atoms with van der Waals surface area (Å²) in [4.78, 5) is 13.5. The molecular formula is C26H25NO. The van der Waals surface area contributed by atoms with Crippen LogP contribution in [0.15, 0.2) is 77.4 Å². The van der Waals surface area contributed by atoms with Gasteiger partial charge in [-0.3, -0.25) is 4.79 Å². The maximum Gasteiger partial charge on any atom is 0.166 e. The molecule has 0 bridgehead atoms. The molecule has 0 spiro atoms. The van der Waals surface area contributed by atoms with Crippen molar-refractivity contribution in [1.82, 2.24) is 0 Å². The average Bonchev–Trinajstić information content (AvgIpc) is 2.68. The third-order valence-electron chi connectivity index (χ3n) is 6.43. The maximum absolute atomic E-state index is 13.5. The van der Waals surface area contributed by atoms with Crippen molar-refractivity contribution in [3.05, 3.63) is 94.1 Å². The Morgan fingerprint density at radius 3 is 2.57 bits per heavy atom. The zero-order valence-electron chi connectivity index (χ0n) is 16.7. The first-order valence-electron chi connectivity index (χ1n) is 10.1. The fourth-order valence-corrected chi connectivity index (χ4v) is 4.83. The summed E-state index contributed by atoms with van der Waals surface area (Å²) in [6, 6.07) is 16.8. The first-order valence-corrected chi connectivity index (χ1v) is 10.1. The van der Waals surface area contributed by atoms with Gasteiger partial charge in [-0.2, -0.15) is 0 Å². The zero-order chi connectivity index (χ0) is 19.5. The molecule has 0 saturated heterocycles. The Labute approximate surface area is 166 Å². The summed E-state index contributed by atoms with van der Waals surface area (Å²) in [5.74, 6) is 0.254. The molecule has 2 nitrogen and oxygen atoms in total. The Kier molecular flexibility index (Phi) is 3.74. The SMILES string of the molecule is Cc1ccc(C2Nc3ccccc3C3=C2C(=O)CC2=C3C=CCC2(C)C)cc1. The molecule has 0 radical (unpaired) electrons. The van der Waals surface area contributed by atoms with Crippen LogP contribution in [0.4, 0.5) is 5.69 Å². The largest absolute Gasteiger partial charge is 0.373 e. The molecule has 1 atom stereocenters. The Morgan fingerprint density at radius 1 is 1.04 bits per heavy atom. The van der Waals surface area contributed by atoms with Gasteiger partial charge in [0.15, 0.2) is 5.78 Å². The number of carbonyl (C=O) groups excluding carboxylic acids is 1. The summed E-state index contributed by atoms with van der Waals surface area (Å²) in [7, 11) is 0. The summed E-state index contributed by atoms with van der Waals surface area (Å²) < 4.78 is 0. The fraction of sp³-hybridized carbons (Fsp3) is 0.269. The number of hydrogen-bond donors (Lipinski definition) is 1. The zero-order valence-corrected chi connectivity index (χ0v) is 16.7. The lowest BCUT2D eigenvalue weighted by molar-refractivity contribution is -0.115. The molecule has 2 aliphatic carbocycles. The van der Waals surface area contributed by atoms with Crippen LogP contribution in [0, 0.1) is 12.3 Å². The molecule has 1 heterocycles. The lowest BCUT2D eigenvalue weighted by atomic mass is 9.66. The average molecular weight is 367 g/mol. The highest BCUT2D eigenvalue weighted by Gasteiger charge is 2.41. The molecular weight excluding hydrogens is 342 g/mol. The topological polar surface area (TPSA) is 29.1 Å². The van der Waals surface area contributed by atoms with E-state index in [9.17, 15) is 4.79 Å². The summed E-state index contributed by atoms with van der Waals surface area (Å²) in [5, 5.41) is 3.65. The van der Waals surface area contributed by atoms with E-state index in [1.165, 1.54) is 16.7 Å². The van der Waals surface area contributed by atoms with Crippen molar-refractivity contribution in [2.75, 3.05) is 5.32 Å². The van der Waals surface area contributed by atoms with E-state index in [1.807, 2.05) is 0 Å². The summed E-state index contributed by atoms with van der Waals surface area (Å²) in [6.07, 6.45) is 6.03. The van der Waals surface area contributed by atoms with E-state index >= 15 is 0 Å². The normalized spacial score (nSPS) is 22.4. The van der Waals surface area contributed by atoms with E-state index in [0.29, 0.717) is 6.42 Å². The third-order valence-corrected chi connectivity index (χ3v) is 6.43. The van der Waals surface area contributed by atoms with Crippen LogP contribution in [0.5, 0.6) is 0 Å². The predicted molar refractivity (Wildman–Crippen MR) is 115 cm³/mol. The second kappa shape index (κ2) is 6.07. The van der Waals surface area contributed by atoms with Crippen molar-refractivity contribution in [1.29, 1.82) is 0 Å². The quantitative estimate of drug-likeness (QED) is 0.653. The van der Waals surface area contributed by atoms with E-state index in [1.54, 1.807) is 0 Å². The number of fused-ring (bicyclic) bond motifs is 3. The minimum atomic E-state index is -0.106. The summed E-state index contributed by atoms with van der Waals surface area (Å²) >= 11 is 0. The smallest absolute Gasteiger partial charge is 0.166 e. The van der Waals surface area contributed by atoms with E-state index in [4.69, 9.17) is 0 Å². The molecule has 0 amide bonds. The van der Waals surface area contributed by atoms with Crippen LogP contribution in [0.3, 0.4) is 0 Å². The Hall–Kier alpha value is -2.87. The van der Waals surface area contributed by atoms with E-state index in [-0.39, 0.29) is 17.2 Å². The Morgan fingerprint density at radius 2 is 1.79 bits per heavy atom. The molecule has 1 unspecified atom stereocenters. The lowest BCUT2D eigenvalue weighted by Crippen LogP contribution is -2.32. The van der Waals surface area contributed by atoms with Crippen molar-refractivity contribution >= 4 is 17.0 Å². The molecule has 0 saturated carbocycles. The van der Waals surface area contributed by atoms with E-state index < -0.39 is 0 Å². The van der Waals surface area contributed by atoms with Crippen LogP contribution in [-0.2, 0) is 4.79 Å². The van der Waals surface area contributed by atoms with Gasteiger partial charge in [-0.15, -0.1) is 0 Å². The number of carbonyl (C=O) groups is 1. The van der Waals surface area contributed by atoms with Crippen molar-refractivity contribution in [3.63, 3.8) is 0 Å². The van der Waals surface area contributed by atoms with E-state index in [0.717, 1.165) is 34.4 Å². The number of aryl methyl sites for hydroxylation is 1. The summed E-state index contributed by atoms with van der Waals surface area (Å²) in [6.45, 7) is 6.61. The van der Waals surface area contributed by atoms with Crippen LogP contribution < -0.4 is 5.32 Å². The van der Waals surface area contributed by atoms with Gasteiger partial charge in [-0.1, -0.05) is 74.0 Å². The van der Waals surface area contributed by atoms with Crippen LogP contribution in [0.2, 0.25) is 0 Å². The second-order valence-corrected chi connectivity index (χ2v) is 8.80. The highest BCUT2D eigenvalue weighted by atomic mass is 16.1. The molecule has 2 heteroatoms. The van der Waals surface area contributed by atoms with Gasteiger partial charge in [0.1, 0.15) is 0 Å². The summed E-state index contributed by atoms with van der Waals surface area (Å²) in [5.41, 5.74) is 9.25. The van der Waals surface area contributed by atoms with Crippen LogP contribution in [0.1, 0.15) is 49.4 Å². The minimum Gasteiger partial charge on any atom is -0.373 e. The number of benzene rings is 2. The lowest BCUT2D eigenvalue weighted by Gasteiger charge is -2.40. The van der Waals surface area contributed by atoms with Gasteiger partial charge >= 0.3 is 0 Å². The second-order valence-electron chi connectivity index (χ2n) is 8.80. The molecule has 28 heavy (non-hydrogen) atoms. The number of anilines is 1. The number of Topliss-reactive ketones (excluding diaryl/α,β-unsaturated/α-hetero) is 1. The van der Waals surface area contributed by atoms with E-state index in [2.05, 4.69) is 86.8 Å². The maximum atomic E-state index is 13.5. The molecule has 2 aromatic rings. The number of rotatable bonds is 1. The van der Waals surface area contributed by atoms with Crippen molar-refractivity contribution < 1.29 is 4.79 Å².